The van der Waals surface area contributed by atoms with Crippen LogP contribution in [-0.4, -0.2) is 15.8 Å². The number of hydrogen-bond acceptors (Lipinski definition) is 4. The van der Waals surface area contributed by atoms with E-state index in [4.69, 9.17) is 17.3 Å². The summed E-state index contributed by atoms with van der Waals surface area (Å²) in [6, 6.07) is 7.60. The van der Waals surface area contributed by atoms with Crippen molar-refractivity contribution in [3.05, 3.63) is 52.3 Å². The predicted molar refractivity (Wildman–Crippen MR) is 73.3 cm³/mol. The Morgan fingerprint density at radius 3 is 2.95 bits per heavy atom. The molecule has 0 bridgehead atoms. The lowest BCUT2D eigenvalue weighted by molar-refractivity contribution is 0.0963. The number of nitrogens with two attached hydrogens (primary N) is 1. The van der Waals surface area contributed by atoms with E-state index < -0.39 is 0 Å². The van der Waals surface area contributed by atoms with Gasteiger partial charge >= 0.3 is 0 Å². The minimum atomic E-state index is 0.0613. The summed E-state index contributed by atoms with van der Waals surface area (Å²) in [6.45, 7) is 0. The van der Waals surface area contributed by atoms with E-state index in [1.165, 1.54) is 6.20 Å². The van der Waals surface area contributed by atoms with Crippen LogP contribution in [0.15, 0.2) is 30.5 Å². The number of anilines is 1. The third-order valence-corrected chi connectivity index (χ3v) is 3.61. The van der Waals surface area contributed by atoms with Gasteiger partial charge in [-0.25, -0.2) is 9.97 Å². The summed E-state index contributed by atoms with van der Waals surface area (Å²) in [7, 11) is 0. The molecule has 1 aromatic carbocycles. The van der Waals surface area contributed by atoms with E-state index >= 15 is 0 Å². The molecule has 3 rings (SSSR count). The van der Waals surface area contributed by atoms with Crippen LogP contribution in [0.25, 0.3) is 0 Å². The zero-order valence-corrected chi connectivity index (χ0v) is 10.9. The van der Waals surface area contributed by atoms with E-state index in [1.54, 1.807) is 0 Å². The molecule has 0 radical (unpaired) electrons. The van der Waals surface area contributed by atoms with E-state index in [-0.39, 0.29) is 17.6 Å². The van der Waals surface area contributed by atoms with Crippen LogP contribution in [0.4, 0.5) is 5.95 Å². The van der Waals surface area contributed by atoms with Crippen molar-refractivity contribution in [1.82, 2.24) is 9.97 Å². The Kier molecular flexibility index (Phi) is 2.95. The van der Waals surface area contributed by atoms with Gasteiger partial charge in [-0.3, -0.25) is 4.79 Å². The number of hydrogen-bond donors (Lipinski definition) is 1. The average molecular weight is 274 g/mol. The molecule has 96 valence electrons. The molecule has 2 N–H and O–H groups in total. The summed E-state index contributed by atoms with van der Waals surface area (Å²) in [5.41, 5.74) is 7.96. The van der Waals surface area contributed by atoms with Crippen LogP contribution < -0.4 is 5.73 Å². The molecule has 1 atom stereocenters. The van der Waals surface area contributed by atoms with Gasteiger partial charge in [0.1, 0.15) is 0 Å². The van der Waals surface area contributed by atoms with Crippen LogP contribution in [0, 0.1) is 0 Å². The second-order valence-electron chi connectivity index (χ2n) is 4.67. The van der Waals surface area contributed by atoms with Crippen molar-refractivity contribution in [2.24, 2.45) is 0 Å². The average Bonchev–Trinajstić information content (AvgIpc) is 2.38. The molecule has 0 amide bonds. The van der Waals surface area contributed by atoms with Gasteiger partial charge in [-0.2, -0.15) is 0 Å². The fourth-order valence-corrected chi connectivity index (χ4v) is 2.66. The number of ketones is 1. The molecular formula is C14H12ClN3O. The molecule has 0 fully saturated rings. The number of nitrogens with zero attached hydrogens (tertiary/aromatic N) is 2. The lowest BCUT2D eigenvalue weighted by Gasteiger charge is -2.23. The van der Waals surface area contributed by atoms with Crippen molar-refractivity contribution in [2.45, 2.75) is 18.8 Å². The lowest BCUT2D eigenvalue weighted by Crippen LogP contribution is -2.21. The van der Waals surface area contributed by atoms with Gasteiger partial charge in [-0.15, -0.1) is 0 Å². The van der Waals surface area contributed by atoms with Gasteiger partial charge in [0.2, 0.25) is 5.95 Å². The molecule has 0 spiro atoms. The van der Waals surface area contributed by atoms with Gasteiger partial charge in [-0.1, -0.05) is 23.7 Å². The molecule has 1 aromatic heterocycles. The summed E-state index contributed by atoms with van der Waals surface area (Å²) in [6.07, 6.45) is 2.67. The number of aromatic nitrogens is 2. The summed E-state index contributed by atoms with van der Waals surface area (Å²) < 4.78 is 0. The summed E-state index contributed by atoms with van der Waals surface area (Å²) >= 11 is 6.00. The number of carbonyl (C=O) groups is 1. The molecule has 1 aliphatic rings. The SMILES string of the molecule is Nc1ncc2c(n1)C[C@H](c1cccc(Cl)c1)CC2=O. The number of Topliss-reactive ketones (excluding diaryl/α,β-unsaturated/α-hetero) is 1. The highest BCUT2D eigenvalue weighted by Gasteiger charge is 2.27. The van der Waals surface area contributed by atoms with Gasteiger partial charge in [0.05, 0.1) is 11.3 Å². The Morgan fingerprint density at radius 2 is 2.16 bits per heavy atom. The Morgan fingerprint density at radius 1 is 1.32 bits per heavy atom. The zero-order valence-electron chi connectivity index (χ0n) is 10.1. The fraction of sp³-hybridized carbons (Fsp3) is 0.214. The molecule has 0 aliphatic heterocycles. The maximum Gasteiger partial charge on any atom is 0.220 e. The monoisotopic (exact) mass is 273 g/mol. The van der Waals surface area contributed by atoms with E-state index in [0.29, 0.717) is 23.4 Å². The highest BCUT2D eigenvalue weighted by Crippen LogP contribution is 2.32. The highest BCUT2D eigenvalue weighted by atomic mass is 35.5. The first-order valence-electron chi connectivity index (χ1n) is 6.03. The smallest absolute Gasteiger partial charge is 0.220 e. The number of fused-ring (bicyclic) bond motifs is 1. The molecule has 4 nitrogen and oxygen atoms in total. The summed E-state index contributed by atoms with van der Waals surface area (Å²) in [4.78, 5) is 20.2. The van der Waals surface area contributed by atoms with E-state index in [2.05, 4.69) is 9.97 Å². The van der Waals surface area contributed by atoms with Crippen molar-refractivity contribution in [2.75, 3.05) is 5.73 Å². The quantitative estimate of drug-likeness (QED) is 0.867. The van der Waals surface area contributed by atoms with Gasteiger partial charge in [0.25, 0.3) is 0 Å². The lowest BCUT2D eigenvalue weighted by atomic mass is 9.82. The maximum atomic E-state index is 12.1. The molecule has 0 saturated carbocycles. The Labute approximate surface area is 115 Å². The first-order valence-corrected chi connectivity index (χ1v) is 6.41. The van der Waals surface area contributed by atoms with Gasteiger partial charge in [0.15, 0.2) is 5.78 Å². The van der Waals surface area contributed by atoms with Crippen LogP contribution in [0.1, 0.15) is 34.0 Å². The second-order valence-corrected chi connectivity index (χ2v) is 5.11. The maximum absolute atomic E-state index is 12.1. The number of nitrogen functional groups attached to an aromatic ring is 1. The fourth-order valence-electron chi connectivity index (χ4n) is 2.46. The normalized spacial score (nSPS) is 18.2. The van der Waals surface area contributed by atoms with E-state index in [9.17, 15) is 4.79 Å². The Bertz CT molecular complexity index is 657. The first kappa shape index (κ1) is 12.1. The van der Waals surface area contributed by atoms with E-state index in [1.807, 2.05) is 24.3 Å². The topological polar surface area (TPSA) is 68.9 Å². The van der Waals surface area contributed by atoms with Crippen molar-refractivity contribution < 1.29 is 4.79 Å². The predicted octanol–water partition coefficient (Wildman–Crippen LogP) is 2.62. The van der Waals surface area contributed by atoms with Crippen LogP contribution in [-0.2, 0) is 6.42 Å². The summed E-state index contributed by atoms with van der Waals surface area (Å²) in [5.74, 6) is 0.373. The Hall–Kier alpha value is -1.94. The van der Waals surface area contributed by atoms with Crippen molar-refractivity contribution in [3.63, 3.8) is 0 Å². The first-order chi connectivity index (χ1) is 9.13. The standard InChI is InChI=1S/C14H12ClN3O/c15-10-3-1-2-8(4-10)9-5-12-11(13(19)6-9)7-17-14(16)18-12/h1-4,7,9H,5-6H2,(H2,16,17,18)/t9-/m0/s1. The number of rotatable bonds is 1. The largest absolute Gasteiger partial charge is 0.368 e. The third kappa shape index (κ3) is 2.31. The van der Waals surface area contributed by atoms with Crippen molar-refractivity contribution in [1.29, 1.82) is 0 Å². The number of halogens is 1. The van der Waals surface area contributed by atoms with E-state index in [0.717, 1.165) is 11.3 Å². The molecule has 19 heavy (non-hydrogen) atoms. The van der Waals surface area contributed by atoms with Gasteiger partial charge < -0.3 is 5.73 Å². The third-order valence-electron chi connectivity index (χ3n) is 3.38. The number of carbonyl (C=O) groups excluding carboxylic acids is 1. The van der Waals surface area contributed by atoms with Crippen molar-refractivity contribution in [3.8, 4) is 0 Å². The summed E-state index contributed by atoms with van der Waals surface area (Å²) in [5, 5.41) is 0.679. The molecular weight excluding hydrogens is 262 g/mol. The molecule has 1 heterocycles. The van der Waals surface area contributed by atoms with Crippen molar-refractivity contribution >= 4 is 23.3 Å². The molecule has 2 aromatic rings. The minimum absolute atomic E-state index is 0.0613. The molecule has 0 saturated heterocycles. The van der Waals surface area contributed by atoms with Crippen LogP contribution in [0.5, 0.6) is 0 Å². The Balaban J connectivity index is 1.98. The molecule has 1 aliphatic carbocycles. The second kappa shape index (κ2) is 4.63. The molecule has 5 heteroatoms. The zero-order chi connectivity index (χ0) is 13.4. The highest BCUT2D eigenvalue weighted by molar-refractivity contribution is 6.30. The van der Waals surface area contributed by atoms with Crippen LogP contribution in [0.3, 0.4) is 0 Å². The van der Waals surface area contributed by atoms with Gasteiger partial charge in [0, 0.05) is 17.6 Å². The molecule has 0 unspecified atom stereocenters. The number of benzene rings is 1. The van der Waals surface area contributed by atoms with Crippen LogP contribution >= 0.6 is 11.6 Å². The van der Waals surface area contributed by atoms with Gasteiger partial charge in [-0.05, 0) is 30.0 Å². The van der Waals surface area contributed by atoms with Crippen LogP contribution in [0.2, 0.25) is 5.02 Å². The minimum Gasteiger partial charge on any atom is -0.368 e.